The van der Waals surface area contributed by atoms with Crippen molar-refractivity contribution in [2.75, 3.05) is 24.7 Å². The van der Waals surface area contributed by atoms with E-state index in [2.05, 4.69) is 25.3 Å². The fourth-order valence-corrected chi connectivity index (χ4v) is 1.70. The van der Waals surface area contributed by atoms with Gasteiger partial charge in [0.15, 0.2) is 0 Å². The average molecular weight is 276 g/mol. The third-order valence-electron chi connectivity index (χ3n) is 2.72. The summed E-state index contributed by atoms with van der Waals surface area (Å²) in [4.78, 5) is 15.6. The topological polar surface area (TPSA) is 108 Å². The van der Waals surface area contributed by atoms with E-state index < -0.39 is 5.97 Å². The van der Waals surface area contributed by atoms with Crippen molar-refractivity contribution in [3.63, 3.8) is 0 Å². The zero-order valence-corrected chi connectivity index (χ0v) is 11.1. The van der Waals surface area contributed by atoms with Crippen LogP contribution in [0.4, 0.5) is 11.5 Å². The van der Waals surface area contributed by atoms with Crippen molar-refractivity contribution in [3.05, 3.63) is 30.2 Å². The van der Waals surface area contributed by atoms with Crippen LogP contribution in [-0.2, 0) is 11.3 Å². The molecule has 2 rings (SSSR count). The van der Waals surface area contributed by atoms with Gasteiger partial charge in [-0.1, -0.05) is 5.21 Å². The summed E-state index contributed by atoms with van der Waals surface area (Å²) >= 11 is 0. The average Bonchev–Trinajstić information content (AvgIpc) is 2.97. The van der Waals surface area contributed by atoms with E-state index >= 15 is 0 Å². The summed E-state index contributed by atoms with van der Waals surface area (Å²) in [6, 6.07) is 1.53. The Kier molecular flexibility index (Phi) is 4.48. The highest BCUT2D eigenvalue weighted by Crippen LogP contribution is 2.20. The van der Waals surface area contributed by atoms with Crippen LogP contribution in [0.3, 0.4) is 0 Å². The summed E-state index contributed by atoms with van der Waals surface area (Å²) in [6.45, 7) is 1.39. The van der Waals surface area contributed by atoms with Crippen LogP contribution in [0.1, 0.15) is 16.8 Å². The van der Waals surface area contributed by atoms with Gasteiger partial charge in [0, 0.05) is 25.5 Å². The molecule has 2 aromatic heterocycles. The number of esters is 1. The summed E-state index contributed by atoms with van der Waals surface area (Å²) in [5.41, 5.74) is 6.48. The molecule has 0 unspecified atom stereocenters. The van der Waals surface area contributed by atoms with Gasteiger partial charge in [-0.05, 0) is 12.5 Å². The summed E-state index contributed by atoms with van der Waals surface area (Å²) in [5, 5.41) is 10.7. The first-order chi connectivity index (χ1) is 9.72. The molecular formula is C12H16N6O2. The Balaban J connectivity index is 1.91. The van der Waals surface area contributed by atoms with Crippen LogP contribution in [0, 0.1) is 0 Å². The number of anilines is 2. The lowest BCUT2D eigenvalue weighted by molar-refractivity contribution is 0.0602. The zero-order valence-electron chi connectivity index (χ0n) is 11.1. The maximum Gasteiger partial charge on any atom is 0.340 e. The fraction of sp³-hybridized carbons (Fsp3) is 0.333. The number of nitrogens with two attached hydrogens (primary N) is 1. The number of ether oxygens (including phenoxy) is 1. The Labute approximate surface area is 115 Å². The van der Waals surface area contributed by atoms with E-state index in [0.29, 0.717) is 23.6 Å². The molecule has 2 heterocycles. The normalized spacial score (nSPS) is 10.2. The summed E-state index contributed by atoms with van der Waals surface area (Å²) in [7, 11) is 1.31. The molecule has 0 aliphatic carbocycles. The monoisotopic (exact) mass is 276 g/mol. The van der Waals surface area contributed by atoms with Gasteiger partial charge in [0.25, 0.3) is 0 Å². The molecule has 106 valence electrons. The number of carbonyl (C=O) groups is 1. The summed E-state index contributed by atoms with van der Waals surface area (Å²) < 4.78 is 6.39. The highest BCUT2D eigenvalue weighted by atomic mass is 16.5. The number of aromatic nitrogens is 4. The van der Waals surface area contributed by atoms with E-state index in [1.54, 1.807) is 17.1 Å². The lowest BCUT2D eigenvalue weighted by Crippen LogP contribution is -2.12. The number of rotatable bonds is 6. The van der Waals surface area contributed by atoms with Crippen LogP contribution < -0.4 is 11.1 Å². The Hall–Kier alpha value is -2.64. The van der Waals surface area contributed by atoms with E-state index in [1.165, 1.54) is 19.4 Å². The second-order valence-corrected chi connectivity index (χ2v) is 4.06. The second kappa shape index (κ2) is 6.50. The number of carbonyl (C=O) groups excluding carboxylic acids is 1. The van der Waals surface area contributed by atoms with Crippen molar-refractivity contribution in [1.82, 2.24) is 20.0 Å². The number of nitrogens with zero attached hydrogens (tertiary/aromatic N) is 4. The molecule has 0 amide bonds. The highest BCUT2D eigenvalue weighted by molar-refractivity contribution is 5.97. The third-order valence-corrected chi connectivity index (χ3v) is 2.72. The predicted molar refractivity (Wildman–Crippen MR) is 73.1 cm³/mol. The maximum absolute atomic E-state index is 11.5. The van der Waals surface area contributed by atoms with Gasteiger partial charge in [0.1, 0.15) is 5.82 Å². The van der Waals surface area contributed by atoms with E-state index in [-0.39, 0.29) is 0 Å². The van der Waals surface area contributed by atoms with E-state index in [0.717, 1.165) is 13.0 Å². The van der Waals surface area contributed by atoms with Gasteiger partial charge < -0.3 is 15.8 Å². The van der Waals surface area contributed by atoms with Crippen LogP contribution in [0.25, 0.3) is 0 Å². The molecule has 0 bridgehead atoms. The Morgan fingerprint density at radius 3 is 3.05 bits per heavy atom. The van der Waals surface area contributed by atoms with Crippen LogP contribution in [0.15, 0.2) is 24.7 Å². The minimum absolute atomic E-state index is 0.292. The lowest BCUT2D eigenvalue weighted by atomic mass is 10.2. The van der Waals surface area contributed by atoms with Crippen molar-refractivity contribution in [3.8, 4) is 0 Å². The molecule has 0 saturated carbocycles. The first kappa shape index (κ1) is 13.8. The van der Waals surface area contributed by atoms with Crippen LogP contribution in [0.2, 0.25) is 0 Å². The van der Waals surface area contributed by atoms with Gasteiger partial charge in [-0.15, -0.1) is 5.10 Å². The first-order valence-corrected chi connectivity index (χ1v) is 6.13. The molecule has 3 N–H and O–H groups in total. The van der Waals surface area contributed by atoms with Crippen LogP contribution in [-0.4, -0.2) is 39.6 Å². The molecule has 0 fully saturated rings. The molecule has 20 heavy (non-hydrogen) atoms. The maximum atomic E-state index is 11.5. The van der Waals surface area contributed by atoms with E-state index in [9.17, 15) is 4.79 Å². The third kappa shape index (κ3) is 3.22. The van der Waals surface area contributed by atoms with Crippen LogP contribution >= 0.6 is 0 Å². The number of pyridine rings is 1. The number of aryl methyl sites for hydroxylation is 1. The molecule has 2 aromatic rings. The molecule has 8 nitrogen and oxygen atoms in total. The molecule has 0 atom stereocenters. The van der Waals surface area contributed by atoms with Crippen molar-refractivity contribution in [2.45, 2.75) is 13.0 Å². The largest absolute Gasteiger partial charge is 0.465 e. The number of nitrogens with one attached hydrogen (secondary N) is 1. The number of nitrogen functional groups attached to an aromatic ring is 1. The van der Waals surface area contributed by atoms with Gasteiger partial charge in [-0.3, -0.25) is 4.68 Å². The summed E-state index contributed by atoms with van der Waals surface area (Å²) in [5.74, 6) is 0.00190. The number of hydrogen-bond acceptors (Lipinski definition) is 7. The van der Waals surface area contributed by atoms with Gasteiger partial charge in [0.05, 0.1) is 24.6 Å². The SMILES string of the molecule is COC(=O)c1ccnc(NCCCn2ccnn2)c1N. The smallest absolute Gasteiger partial charge is 0.340 e. The lowest BCUT2D eigenvalue weighted by Gasteiger charge is -2.10. The van der Waals surface area contributed by atoms with Crippen molar-refractivity contribution < 1.29 is 9.53 Å². The van der Waals surface area contributed by atoms with Crippen molar-refractivity contribution in [2.24, 2.45) is 0 Å². The highest BCUT2D eigenvalue weighted by Gasteiger charge is 2.13. The second-order valence-electron chi connectivity index (χ2n) is 4.06. The summed E-state index contributed by atoms with van der Waals surface area (Å²) in [6.07, 6.45) is 5.77. The Morgan fingerprint density at radius 2 is 2.35 bits per heavy atom. The first-order valence-electron chi connectivity index (χ1n) is 6.13. The number of hydrogen-bond donors (Lipinski definition) is 2. The molecule has 0 radical (unpaired) electrons. The standard InChI is InChI=1S/C12H16N6O2/c1-20-12(19)9-3-5-15-11(10(9)13)14-4-2-7-18-8-6-16-17-18/h3,5-6,8H,2,4,7,13H2,1H3,(H,14,15). The Morgan fingerprint density at radius 1 is 1.50 bits per heavy atom. The van der Waals surface area contributed by atoms with Crippen LogP contribution in [0.5, 0.6) is 0 Å². The molecule has 8 heteroatoms. The fourth-order valence-electron chi connectivity index (χ4n) is 1.70. The minimum Gasteiger partial charge on any atom is -0.465 e. The molecule has 0 aromatic carbocycles. The van der Waals surface area contributed by atoms with Crippen molar-refractivity contribution in [1.29, 1.82) is 0 Å². The molecule has 0 aliphatic rings. The Bertz CT molecular complexity index is 569. The quantitative estimate of drug-likeness (QED) is 0.585. The van der Waals surface area contributed by atoms with Gasteiger partial charge in [-0.25, -0.2) is 9.78 Å². The molecular weight excluding hydrogens is 260 g/mol. The molecule has 0 saturated heterocycles. The van der Waals surface area contributed by atoms with E-state index in [1.807, 2.05) is 0 Å². The molecule has 0 spiro atoms. The number of methoxy groups -OCH3 is 1. The van der Waals surface area contributed by atoms with E-state index in [4.69, 9.17) is 5.73 Å². The van der Waals surface area contributed by atoms with Gasteiger partial charge in [-0.2, -0.15) is 0 Å². The molecule has 0 aliphatic heterocycles. The van der Waals surface area contributed by atoms with Crippen molar-refractivity contribution >= 4 is 17.5 Å². The van der Waals surface area contributed by atoms with Gasteiger partial charge in [0.2, 0.25) is 0 Å². The minimum atomic E-state index is -0.476. The van der Waals surface area contributed by atoms with Gasteiger partial charge >= 0.3 is 5.97 Å². The zero-order chi connectivity index (χ0) is 14.4. The predicted octanol–water partition coefficient (Wildman–Crippen LogP) is 0.544.